The van der Waals surface area contributed by atoms with Gasteiger partial charge in [0.1, 0.15) is 23.6 Å². The highest BCUT2D eigenvalue weighted by atomic mass is 35.5. The van der Waals surface area contributed by atoms with Crippen molar-refractivity contribution in [3.8, 4) is 0 Å². The lowest BCUT2D eigenvalue weighted by Crippen LogP contribution is -2.62. The summed E-state index contributed by atoms with van der Waals surface area (Å²) in [5.41, 5.74) is 1.56. The third-order valence-electron chi connectivity index (χ3n) is 7.17. The number of halogens is 1. The van der Waals surface area contributed by atoms with Gasteiger partial charge in [-0.05, 0) is 38.4 Å². The third kappa shape index (κ3) is 1.70. The van der Waals surface area contributed by atoms with E-state index in [-0.39, 0.29) is 23.9 Å². The summed E-state index contributed by atoms with van der Waals surface area (Å²) in [5.74, 6) is 1.15. The molecule has 132 valence electrons. The Bertz CT molecular complexity index is 672. The van der Waals surface area contributed by atoms with E-state index >= 15 is 0 Å². The molecule has 2 bridgehead atoms. The second kappa shape index (κ2) is 5.10. The number of hydrogen-bond acceptors (Lipinski definition) is 4. The second-order valence-corrected chi connectivity index (χ2v) is 8.00. The SMILES string of the molecule is CCC1(O)CC=C2C[C@@H]3[C@@H]4C=C[C@H](O)[C@@H]5OC1=C2[C@]45CCN3C.Cl. The molecule has 2 N–H and O–H groups in total. The third-order valence-corrected chi connectivity index (χ3v) is 7.17. The summed E-state index contributed by atoms with van der Waals surface area (Å²) in [6, 6.07) is 0.473. The molecule has 1 unspecified atom stereocenters. The molecule has 0 amide bonds. The molecule has 0 aromatic carbocycles. The molecule has 0 aromatic rings. The molecule has 2 fully saturated rings. The van der Waals surface area contributed by atoms with Crippen LogP contribution in [0.15, 0.2) is 35.1 Å². The number of hydrogen-bond donors (Lipinski definition) is 2. The molecule has 5 heteroatoms. The smallest absolute Gasteiger partial charge is 0.138 e. The minimum atomic E-state index is -0.897. The highest BCUT2D eigenvalue weighted by Crippen LogP contribution is 2.66. The highest BCUT2D eigenvalue weighted by molar-refractivity contribution is 5.85. The van der Waals surface area contributed by atoms with Crippen LogP contribution in [0.25, 0.3) is 0 Å². The van der Waals surface area contributed by atoms with E-state index in [9.17, 15) is 10.2 Å². The first-order valence-electron chi connectivity index (χ1n) is 8.91. The van der Waals surface area contributed by atoms with Crippen molar-refractivity contribution in [2.24, 2.45) is 11.3 Å². The molecular formula is C19H26ClNO3. The molecule has 2 aliphatic heterocycles. The van der Waals surface area contributed by atoms with Crippen molar-refractivity contribution in [3.05, 3.63) is 35.1 Å². The number of aliphatic hydroxyl groups is 2. The average Bonchev–Trinajstić information content (AvgIpc) is 2.91. The Labute approximate surface area is 149 Å². The maximum absolute atomic E-state index is 11.1. The van der Waals surface area contributed by atoms with E-state index in [1.807, 2.05) is 13.0 Å². The van der Waals surface area contributed by atoms with Crippen LogP contribution in [0.4, 0.5) is 0 Å². The van der Waals surface area contributed by atoms with Crippen LogP contribution in [0.1, 0.15) is 32.6 Å². The first-order valence-corrected chi connectivity index (χ1v) is 8.91. The Morgan fingerprint density at radius 1 is 1.38 bits per heavy atom. The van der Waals surface area contributed by atoms with Crippen LogP contribution >= 0.6 is 12.4 Å². The van der Waals surface area contributed by atoms with Crippen molar-refractivity contribution in [3.63, 3.8) is 0 Å². The molecule has 0 aromatic heterocycles. The van der Waals surface area contributed by atoms with E-state index in [2.05, 4.69) is 24.1 Å². The Balaban J connectivity index is 0.00000146. The van der Waals surface area contributed by atoms with Crippen LogP contribution in [0, 0.1) is 11.3 Å². The van der Waals surface area contributed by atoms with Crippen molar-refractivity contribution in [2.45, 2.75) is 56.5 Å². The molecule has 1 saturated heterocycles. The summed E-state index contributed by atoms with van der Waals surface area (Å²) in [6.45, 7) is 3.04. The van der Waals surface area contributed by atoms with Crippen molar-refractivity contribution in [2.75, 3.05) is 13.6 Å². The van der Waals surface area contributed by atoms with Gasteiger partial charge in [0.15, 0.2) is 0 Å². The van der Waals surface area contributed by atoms with Crippen LogP contribution in [0.5, 0.6) is 0 Å². The Hall–Kier alpha value is -0.810. The van der Waals surface area contributed by atoms with Crippen molar-refractivity contribution < 1.29 is 14.9 Å². The molecule has 1 spiro atoms. The summed E-state index contributed by atoms with van der Waals surface area (Å²) in [7, 11) is 2.21. The largest absolute Gasteiger partial charge is 0.487 e. The number of aliphatic hydroxyl groups excluding tert-OH is 1. The van der Waals surface area contributed by atoms with Gasteiger partial charge < -0.3 is 19.8 Å². The second-order valence-electron chi connectivity index (χ2n) is 8.00. The number of rotatable bonds is 1. The molecule has 4 nitrogen and oxygen atoms in total. The van der Waals surface area contributed by atoms with Gasteiger partial charge in [0, 0.05) is 29.4 Å². The van der Waals surface area contributed by atoms with E-state index in [4.69, 9.17) is 4.74 Å². The Morgan fingerprint density at radius 2 is 2.17 bits per heavy atom. The van der Waals surface area contributed by atoms with E-state index in [0.717, 1.165) is 25.1 Å². The van der Waals surface area contributed by atoms with Crippen molar-refractivity contribution in [1.29, 1.82) is 0 Å². The minimum absolute atomic E-state index is 0. The zero-order valence-electron chi connectivity index (χ0n) is 14.2. The van der Waals surface area contributed by atoms with Gasteiger partial charge in [-0.1, -0.05) is 25.2 Å². The summed E-state index contributed by atoms with van der Waals surface area (Å²) >= 11 is 0. The molecular weight excluding hydrogens is 326 g/mol. The van der Waals surface area contributed by atoms with E-state index in [1.165, 1.54) is 11.1 Å². The summed E-state index contributed by atoms with van der Waals surface area (Å²) in [6.07, 6.45) is 8.85. The zero-order valence-corrected chi connectivity index (χ0v) is 15.1. The summed E-state index contributed by atoms with van der Waals surface area (Å²) in [5, 5.41) is 21.7. The van der Waals surface area contributed by atoms with Crippen LogP contribution in [0.2, 0.25) is 0 Å². The lowest BCUT2D eigenvalue weighted by Gasteiger charge is -2.58. The number of likely N-dealkylation sites (tertiary alicyclic amines) is 1. The predicted octanol–water partition coefficient (Wildman–Crippen LogP) is 2.17. The zero-order chi connectivity index (χ0) is 16.0. The summed E-state index contributed by atoms with van der Waals surface area (Å²) in [4.78, 5) is 2.46. The van der Waals surface area contributed by atoms with Gasteiger partial charge in [-0.2, -0.15) is 0 Å². The Morgan fingerprint density at radius 3 is 2.92 bits per heavy atom. The van der Waals surface area contributed by atoms with Gasteiger partial charge in [0.05, 0.1) is 0 Å². The number of nitrogens with zero attached hydrogens (tertiary/aromatic N) is 1. The van der Waals surface area contributed by atoms with Crippen LogP contribution in [0.3, 0.4) is 0 Å². The monoisotopic (exact) mass is 351 g/mol. The van der Waals surface area contributed by atoms with E-state index in [0.29, 0.717) is 24.8 Å². The maximum atomic E-state index is 11.1. The Kier molecular flexibility index (Phi) is 3.54. The lowest BCUT2D eigenvalue weighted by atomic mass is 9.51. The first kappa shape index (κ1) is 16.6. The normalized spacial score (nSPS) is 48.4. The molecule has 6 atom stereocenters. The molecule has 2 heterocycles. The molecule has 5 rings (SSSR count). The minimum Gasteiger partial charge on any atom is -0.487 e. The first-order chi connectivity index (χ1) is 11.0. The van der Waals surface area contributed by atoms with Crippen LogP contribution in [-0.4, -0.2) is 52.6 Å². The van der Waals surface area contributed by atoms with Crippen LogP contribution in [-0.2, 0) is 4.74 Å². The molecule has 24 heavy (non-hydrogen) atoms. The topological polar surface area (TPSA) is 52.9 Å². The van der Waals surface area contributed by atoms with Crippen molar-refractivity contribution in [1.82, 2.24) is 4.90 Å². The quantitative estimate of drug-likeness (QED) is 0.711. The van der Waals surface area contributed by atoms with Gasteiger partial charge in [0.25, 0.3) is 0 Å². The van der Waals surface area contributed by atoms with Gasteiger partial charge in [-0.15, -0.1) is 12.4 Å². The number of piperidine rings is 1. The maximum Gasteiger partial charge on any atom is 0.138 e. The highest BCUT2D eigenvalue weighted by Gasteiger charge is 2.67. The molecule has 3 aliphatic carbocycles. The van der Waals surface area contributed by atoms with E-state index < -0.39 is 11.7 Å². The van der Waals surface area contributed by atoms with Crippen molar-refractivity contribution >= 4 is 12.4 Å². The molecule has 5 aliphatic rings. The fourth-order valence-electron chi connectivity index (χ4n) is 5.86. The fraction of sp³-hybridized carbons (Fsp3) is 0.684. The standard InChI is InChI=1S/C19H25NO3.ClH/c1-3-18(22)7-6-11-10-13-12-4-5-14(21)16-19(12,8-9-20(13)2)15(11)17(18)23-16;/h4-6,12-14,16,21-22H,3,7-10H2,1-2H3;1H/t12-,13+,14-,16-,18?,19-;/m0./s1. The number of ether oxygens (including phenoxy) is 1. The van der Waals surface area contributed by atoms with Gasteiger partial charge in [-0.3, -0.25) is 0 Å². The predicted molar refractivity (Wildman–Crippen MR) is 93.8 cm³/mol. The van der Waals surface area contributed by atoms with Gasteiger partial charge in [0.2, 0.25) is 0 Å². The summed E-state index contributed by atoms with van der Waals surface area (Å²) < 4.78 is 6.35. The van der Waals surface area contributed by atoms with Gasteiger partial charge >= 0.3 is 0 Å². The average molecular weight is 352 g/mol. The van der Waals surface area contributed by atoms with E-state index in [1.54, 1.807) is 0 Å². The fourth-order valence-corrected chi connectivity index (χ4v) is 5.86. The molecule has 1 saturated carbocycles. The lowest BCUT2D eigenvalue weighted by molar-refractivity contribution is -0.102. The molecule has 0 radical (unpaired) electrons. The van der Waals surface area contributed by atoms with Crippen LogP contribution < -0.4 is 0 Å². The van der Waals surface area contributed by atoms with Gasteiger partial charge in [-0.25, -0.2) is 0 Å².